The number of nitrogens with zero attached hydrogens (tertiary/aromatic N) is 2. The number of ether oxygens (including phenoxy) is 1. The Balaban J connectivity index is 2.16. The summed E-state index contributed by atoms with van der Waals surface area (Å²) in [6.45, 7) is 6.32. The molecule has 0 amide bonds. The summed E-state index contributed by atoms with van der Waals surface area (Å²) in [6.07, 6.45) is 0.817. The highest BCUT2D eigenvalue weighted by Gasteiger charge is 2.13. The average molecular weight is 308 g/mol. The third-order valence-electron chi connectivity index (χ3n) is 3.81. The van der Waals surface area contributed by atoms with Gasteiger partial charge in [-0.25, -0.2) is 9.78 Å². The summed E-state index contributed by atoms with van der Waals surface area (Å²) in [5.74, 6) is 0.680. The summed E-state index contributed by atoms with van der Waals surface area (Å²) in [5.41, 5.74) is 4.70. The molecule has 0 radical (unpaired) electrons. The van der Waals surface area contributed by atoms with Crippen LogP contribution in [-0.2, 0) is 11.2 Å². The van der Waals surface area contributed by atoms with Crippen LogP contribution in [-0.4, -0.2) is 22.1 Å². The van der Waals surface area contributed by atoms with Gasteiger partial charge in [-0.15, -0.1) is 0 Å². The van der Waals surface area contributed by atoms with Gasteiger partial charge in [0.2, 0.25) is 0 Å². The quantitative estimate of drug-likeness (QED) is 0.682. The first kappa shape index (κ1) is 15.3. The van der Waals surface area contributed by atoms with Crippen molar-refractivity contribution in [1.82, 2.24) is 9.55 Å². The normalized spacial score (nSPS) is 10.9. The molecule has 0 fully saturated rings. The number of aryl methyl sites for hydroxylation is 2. The minimum Gasteiger partial charge on any atom is -0.462 e. The van der Waals surface area contributed by atoms with Crippen LogP contribution in [0.4, 0.5) is 0 Å². The van der Waals surface area contributed by atoms with Crippen LogP contribution in [0.3, 0.4) is 0 Å². The Morgan fingerprint density at radius 3 is 2.74 bits per heavy atom. The highest BCUT2D eigenvalue weighted by molar-refractivity contribution is 5.90. The highest BCUT2D eigenvalue weighted by atomic mass is 16.5. The predicted molar refractivity (Wildman–Crippen MR) is 91.1 cm³/mol. The molecule has 2 aromatic carbocycles. The summed E-state index contributed by atoms with van der Waals surface area (Å²) < 4.78 is 7.20. The molecule has 3 aromatic rings. The second-order valence-electron chi connectivity index (χ2n) is 5.48. The molecule has 0 spiro atoms. The molecule has 0 N–H and O–H groups in total. The van der Waals surface area contributed by atoms with E-state index in [1.807, 2.05) is 25.1 Å². The van der Waals surface area contributed by atoms with E-state index in [0.29, 0.717) is 12.2 Å². The molecule has 0 saturated carbocycles. The molecule has 4 heteroatoms. The molecule has 0 atom stereocenters. The fourth-order valence-electron chi connectivity index (χ4n) is 2.75. The Kier molecular flexibility index (Phi) is 4.15. The molecule has 23 heavy (non-hydrogen) atoms. The molecule has 4 nitrogen and oxygen atoms in total. The number of carbonyl (C=O) groups is 1. The van der Waals surface area contributed by atoms with Gasteiger partial charge in [0.1, 0.15) is 5.82 Å². The van der Waals surface area contributed by atoms with E-state index >= 15 is 0 Å². The molecule has 0 aliphatic carbocycles. The van der Waals surface area contributed by atoms with Crippen LogP contribution in [0, 0.1) is 6.92 Å². The lowest BCUT2D eigenvalue weighted by Gasteiger charge is -2.10. The van der Waals surface area contributed by atoms with Gasteiger partial charge in [-0.3, -0.25) is 4.57 Å². The smallest absolute Gasteiger partial charge is 0.338 e. The first-order valence-corrected chi connectivity index (χ1v) is 7.89. The van der Waals surface area contributed by atoms with Crippen molar-refractivity contribution in [2.75, 3.05) is 6.61 Å². The van der Waals surface area contributed by atoms with E-state index in [1.54, 1.807) is 6.07 Å². The van der Waals surface area contributed by atoms with Crippen molar-refractivity contribution in [3.63, 3.8) is 0 Å². The Morgan fingerprint density at radius 1 is 1.17 bits per heavy atom. The maximum absolute atomic E-state index is 12.0. The topological polar surface area (TPSA) is 44.1 Å². The molecule has 0 bridgehead atoms. The molecule has 118 valence electrons. The molecular formula is C19H20N2O2. The Morgan fingerprint density at radius 2 is 2.00 bits per heavy atom. The van der Waals surface area contributed by atoms with E-state index in [0.717, 1.165) is 29.0 Å². The van der Waals surface area contributed by atoms with E-state index in [9.17, 15) is 4.79 Å². The fourth-order valence-corrected chi connectivity index (χ4v) is 2.75. The minimum absolute atomic E-state index is 0.298. The summed E-state index contributed by atoms with van der Waals surface area (Å²) >= 11 is 0. The second-order valence-corrected chi connectivity index (χ2v) is 5.48. The standard InChI is InChI=1S/C19H20N2O2/c1-4-18-20-16-11-13(3)9-10-17(16)21(18)15-8-6-7-14(12-15)19(22)23-5-2/h6-12H,4-5H2,1-3H3. The summed E-state index contributed by atoms with van der Waals surface area (Å²) in [4.78, 5) is 16.7. The van der Waals surface area contributed by atoms with Gasteiger partial charge >= 0.3 is 5.97 Å². The third-order valence-corrected chi connectivity index (χ3v) is 3.81. The maximum Gasteiger partial charge on any atom is 0.338 e. The molecule has 0 unspecified atom stereocenters. The van der Waals surface area contributed by atoms with Gasteiger partial charge in [-0.2, -0.15) is 0 Å². The largest absolute Gasteiger partial charge is 0.462 e. The molecule has 1 aromatic heterocycles. The van der Waals surface area contributed by atoms with Gasteiger partial charge in [0, 0.05) is 12.1 Å². The van der Waals surface area contributed by atoms with Gasteiger partial charge in [0.05, 0.1) is 23.2 Å². The van der Waals surface area contributed by atoms with Crippen LogP contribution in [0.15, 0.2) is 42.5 Å². The number of esters is 1. The van der Waals surface area contributed by atoms with Crippen molar-refractivity contribution in [2.24, 2.45) is 0 Å². The maximum atomic E-state index is 12.0. The van der Waals surface area contributed by atoms with Crippen molar-refractivity contribution in [1.29, 1.82) is 0 Å². The first-order chi connectivity index (χ1) is 11.1. The Labute approximate surface area is 135 Å². The average Bonchev–Trinajstić information content (AvgIpc) is 2.92. The lowest BCUT2D eigenvalue weighted by molar-refractivity contribution is 0.0526. The molecule has 0 aliphatic rings. The van der Waals surface area contributed by atoms with E-state index in [1.165, 1.54) is 5.56 Å². The number of aromatic nitrogens is 2. The van der Waals surface area contributed by atoms with Gasteiger partial charge < -0.3 is 4.74 Å². The molecule has 1 heterocycles. The number of hydrogen-bond donors (Lipinski definition) is 0. The van der Waals surface area contributed by atoms with Crippen molar-refractivity contribution < 1.29 is 9.53 Å². The lowest BCUT2D eigenvalue weighted by Crippen LogP contribution is -2.06. The first-order valence-electron chi connectivity index (χ1n) is 7.89. The van der Waals surface area contributed by atoms with Crippen LogP contribution in [0.5, 0.6) is 0 Å². The number of benzene rings is 2. The SMILES string of the molecule is CCOC(=O)c1cccc(-n2c(CC)nc3cc(C)ccc32)c1. The number of imidazole rings is 1. The van der Waals surface area contributed by atoms with Crippen molar-refractivity contribution in [3.8, 4) is 5.69 Å². The Bertz CT molecular complexity index is 865. The number of carbonyl (C=O) groups excluding carboxylic acids is 1. The van der Waals surface area contributed by atoms with Crippen molar-refractivity contribution >= 4 is 17.0 Å². The summed E-state index contributed by atoms with van der Waals surface area (Å²) in [7, 11) is 0. The Hall–Kier alpha value is -2.62. The molecule has 0 saturated heterocycles. The minimum atomic E-state index is -0.298. The van der Waals surface area contributed by atoms with Gasteiger partial charge in [-0.1, -0.05) is 19.1 Å². The summed E-state index contributed by atoms with van der Waals surface area (Å²) in [5, 5.41) is 0. The zero-order valence-corrected chi connectivity index (χ0v) is 13.7. The molecule has 3 rings (SSSR count). The number of fused-ring (bicyclic) bond motifs is 1. The van der Waals surface area contributed by atoms with Crippen molar-refractivity contribution in [3.05, 3.63) is 59.4 Å². The van der Waals surface area contributed by atoms with Crippen LogP contribution in [0.2, 0.25) is 0 Å². The van der Waals surface area contributed by atoms with Crippen LogP contribution >= 0.6 is 0 Å². The fraction of sp³-hybridized carbons (Fsp3) is 0.263. The number of hydrogen-bond acceptors (Lipinski definition) is 3. The number of rotatable bonds is 4. The zero-order valence-electron chi connectivity index (χ0n) is 13.7. The van der Waals surface area contributed by atoms with Gasteiger partial charge in [0.25, 0.3) is 0 Å². The molecular weight excluding hydrogens is 288 g/mol. The van der Waals surface area contributed by atoms with E-state index in [-0.39, 0.29) is 5.97 Å². The summed E-state index contributed by atoms with van der Waals surface area (Å²) in [6, 6.07) is 13.7. The van der Waals surface area contributed by atoms with E-state index in [4.69, 9.17) is 9.72 Å². The van der Waals surface area contributed by atoms with E-state index < -0.39 is 0 Å². The lowest BCUT2D eigenvalue weighted by atomic mass is 10.2. The monoisotopic (exact) mass is 308 g/mol. The van der Waals surface area contributed by atoms with Crippen LogP contribution in [0.25, 0.3) is 16.7 Å². The van der Waals surface area contributed by atoms with Crippen LogP contribution in [0.1, 0.15) is 35.6 Å². The van der Waals surface area contributed by atoms with Gasteiger partial charge in [-0.05, 0) is 49.7 Å². The third kappa shape index (κ3) is 2.84. The van der Waals surface area contributed by atoms with Crippen LogP contribution < -0.4 is 0 Å². The molecule has 0 aliphatic heterocycles. The van der Waals surface area contributed by atoms with Gasteiger partial charge in [0.15, 0.2) is 0 Å². The van der Waals surface area contributed by atoms with Crippen molar-refractivity contribution in [2.45, 2.75) is 27.2 Å². The zero-order chi connectivity index (χ0) is 16.4. The predicted octanol–water partition coefficient (Wildman–Crippen LogP) is 4.07. The highest BCUT2D eigenvalue weighted by Crippen LogP contribution is 2.23. The van der Waals surface area contributed by atoms with E-state index in [2.05, 4.69) is 36.6 Å². The second kappa shape index (κ2) is 6.24.